The number of unbranched alkanes of at least 4 members (excludes halogenated alkanes) is 1. The topological polar surface area (TPSA) is 83.9 Å². The fourth-order valence-electron chi connectivity index (χ4n) is 4.87. The molecule has 0 spiro atoms. The molecule has 2 aromatic rings. The molecule has 1 aromatic carbocycles. The van der Waals surface area contributed by atoms with Gasteiger partial charge in [-0.3, -0.25) is 9.69 Å². The van der Waals surface area contributed by atoms with Gasteiger partial charge in [0.2, 0.25) is 0 Å². The van der Waals surface area contributed by atoms with Crippen molar-refractivity contribution in [2.45, 2.75) is 77.0 Å². The summed E-state index contributed by atoms with van der Waals surface area (Å²) < 4.78 is 12.0. The van der Waals surface area contributed by atoms with Gasteiger partial charge < -0.3 is 19.9 Å². The van der Waals surface area contributed by atoms with E-state index < -0.39 is 12.0 Å². The first-order valence-corrected chi connectivity index (χ1v) is 12.9. The summed E-state index contributed by atoms with van der Waals surface area (Å²) in [7, 11) is 0. The summed E-state index contributed by atoms with van der Waals surface area (Å²) in [4.78, 5) is 18.9. The third kappa shape index (κ3) is 7.18. The monoisotopic (exact) mass is 481 g/mol. The van der Waals surface area contributed by atoms with E-state index in [-0.39, 0.29) is 11.7 Å². The van der Waals surface area contributed by atoms with Crippen LogP contribution in [0.25, 0.3) is 0 Å². The Kier molecular flexibility index (Phi) is 8.29. The fourth-order valence-corrected chi connectivity index (χ4v) is 4.87. The van der Waals surface area contributed by atoms with E-state index in [0.29, 0.717) is 19.7 Å². The van der Waals surface area contributed by atoms with Gasteiger partial charge in [0.15, 0.2) is 0 Å². The van der Waals surface area contributed by atoms with Crippen LogP contribution < -0.4 is 10.1 Å². The summed E-state index contributed by atoms with van der Waals surface area (Å²) in [6.45, 7) is 9.03. The second kappa shape index (κ2) is 11.4. The second-order valence-corrected chi connectivity index (χ2v) is 10.6. The maximum Gasteiger partial charge on any atom is 0.325 e. The Hall–Kier alpha value is -2.64. The molecule has 7 heteroatoms. The molecule has 3 heterocycles. The predicted molar refractivity (Wildman–Crippen MR) is 137 cm³/mol. The van der Waals surface area contributed by atoms with Crippen LogP contribution in [0.4, 0.5) is 5.82 Å². The molecular formula is C28H39N3O4. The van der Waals surface area contributed by atoms with Gasteiger partial charge in [0.05, 0.1) is 6.10 Å². The van der Waals surface area contributed by atoms with Crippen molar-refractivity contribution in [2.75, 3.05) is 31.6 Å². The number of likely N-dealkylation sites (tertiary alicyclic amines) is 1. The Morgan fingerprint density at radius 2 is 2.00 bits per heavy atom. The first-order chi connectivity index (χ1) is 16.8. The van der Waals surface area contributed by atoms with Crippen molar-refractivity contribution >= 4 is 11.8 Å². The lowest BCUT2D eigenvalue weighted by Gasteiger charge is -2.25. The lowest BCUT2D eigenvalue weighted by Crippen LogP contribution is -2.33. The highest BCUT2D eigenvalue weighted by Gasteiger charge is 2.34. The zero-order chi connectivity index (χ0) is 24.8. The molecule has 7 nitrogen and oxygen atoms in total. The normalized spacial score (nSPS) is 19.1. The van der Waals surface area contributed by atoms with Crippen molar-refractivity contribution in [3.63, 3.8) is 0 Å². The van der Waals surface area contributed by atoms with E-state index in [0.717, 1.165) is 61.5 Å². The number of aliphatic carboxylic acids is 1. The summed E-state index contributed by atoms with van der Waals surface area (Å²) in [5, 5.41) is 13.3. The van der Waals surface area contributed by atoms with Crippen LogP contribution in [0.15, 0.2) is 36.4 Å². The molecule has 0 aliphatic carbocycles. The smallest absolute Gasteiger partial charge is 0.325 e. The van der Waals surface area contributed by atoms with Crippen LogP contribution in [0.3, 0.4) is 0 Å². The molecule has 1 saturated heterocycles. The molecule has 0 radical (unpaired) electrons. The van der Waals surface area contributed by atoms with Gasteiger partial charge in [0.1, 0.15) is 23.2 Å². The number of aromatic nitrogens is 1. The third-order valence-corrected chi connectivity index (χ3v) is 6.53. The second-order valence-electron chi connectivity index (χ2n) is 10.6. The summed E-state index contributed by atoms with van der Waals surface area (Å²) in [5.74, 6) is 0.970. The van der Waals surface area contributed by atoms with Gasteiger partial charge in [0, 0.05) is 31.9 Å². The van der Waals surface area contributed by atoms with Crippen molar-refractivity contribution in [3.8, 4) is 5.75 Å². The van der Waals surface area contributed by atoms with Crippen molar-refractivity contribution in [2.24, 2.45) is 0 Å². The van der Waals surface area contributed by atoms with E-state index in [9.17, 15) is 9.90 Å². The standard InChI is InChI=1S/C28H39N3O4/c1-28(2,3)35-23-13-10-20(11-14-23)25(27(32)33)31-17-15-24(19-31)34-18-5-4-8-22-12-9-21-7-6-16-29-26(21)30-22/h9-14,24-25H,4-8,15-19H2,1-3H3,(H,29,30)(H,32,33)/t24-,25?/m1/s1. The fraction of sp³-hybridized carbons (Fsp3) is 0.571. The molecule has 2 N–H and O–H groups in total. The molecule has 1 aromatic heterocycles. The summed E-state index contributed by atoms with van der Waals surface area (Å²) in [6, 6.07) is 11.1. The van der Waals surface area contributed by atoms with Crippen LogP contribution in [-0.4, -0.2) is 58.9 Å². The van der Waals surface area contributed by atoms with Gasteiger partial charge in [-0.2, -0.15) is 0 Å². The van der Waals surface area contributed by atoms with Gasteiger partial charge in [-0.05, 0) is 88.6 Å². The van der Waals surface area contributed by atoms with Crippen molar-refractivity contribution in [3.05, 3.63) is 53.2 Å². The number of hydrogen-bond acceptors (Lipinski definition) is 6. The quantitative estimate of drug-likeness (QED) is 0.469. The number of ether oxygens (including phenoxy) is 2. The molecule has 1 fully saturated rings. The number of carbonyl (C=O) groups is 1. The molecule has 1 unspecified atom stereocenters. The largest absolute Gasteiger partial charge is 0.488 e. The molecule has 0 saturated carbocycles. The van der Waals surface area contributed by atoms with E-state index in [1.165, 1.54) is 12.0 Å². The van der Waals surface area contributed by atoms with E-state index in [2.05, 4.69) is 17.4 Å². The summed E-state index contributed by atoms with van der Waals surface area (Å²) >= 11 is 0. The molecule has 2 aliphatic heterocycles. The average Bonchev–Trinajstić information content (AvgIpc) is 3.27. The van der Waals surface area contributed by atoms with Crippen LogP contribution in [-0.2, 0) is 22.4 Å². The van der Waals surface area contributed by atoms with Gasteiger partial charge in [0.25, 0.3) is 0 Å². The lowest BCUT2D eigenvalue weighted by molar-refractivity contribution is -0.143. The zero-order valence-corrected chi connectivity index (χ0v) is 21.3. The van der Waals surface area contributed by atoms with Crippen LogP contribution in [0.2, 0.25) is 0 Å². The summed E-state index contributed by atoms with van der Waals surface area (Å²) in [6.07, 6.45) is 6.17. The molecule has 0 bridgehead atoms. The molecule has 2 atom stereocenters. The third-order valence-electron chi connectivity index (χ3n) is 6.53. The zero-order valence-electron chi connectivity index (χ0n) is 21.3. The average molecular weight is 482 g/mol. The number of anilines is 1. The van der Waals surface area contributed by atoms with E-state index >= 15 is 0 Å². The number of carboxylic acids is 1. The number of hydrogen-bond donors (Lipinski definition) is 2. The van der Waals surface area contributed by atoms with Gasteiger partial charge in [-0.25, -0.2) is 4.98 Å². The highest BCUT2D eigenvalue weighted by atomic mass is 16.5. The Morgan fingerprint density at radius 1 is 1.20 bits per heavy atom. The predicted octanol–water partition coefficient (Wildman–Crippen LogP) is 4.86. The van der Waals surface area contributed by atoms with Crippen LogP contribution in [0.1, 0.15) is 69.3 Å². The Balaban J connectivity index is 1.21. The Labute approximate surface area is 208 Å². The molecule has 4 rings (SSSR count). The SMILES string of the molecule is CC(C)(C)Oc1ccc(C(C(=O)O)N2CC[C@@H](OCCCCc3ccc4c(n3)NCCC4)C2)cc1. The number of fused-ring (bicyclic) bond motifs is 1. The van der Waals surface area contributed by atoms with Crippen LogP contribution >= 0.6 is 0 Å². The van der Waals surface area contributed by atoms with Crippen LogP contribution in [0.5, 0.6) is 5.75 Å². The number of carboxylic acid groups (broad SMARTS) is 1. The minimum absolute atomic E-state index is 0.0754. The lowest BCUT2D eigenvalue weighted by atomic mass is 10.1. The van der Waals surface area contributed by atoms with Gasteiger partial charge in [-0.15, -0.1) is 0 Å². The van der Waals surface area contributed by atoms with Gasteiger partial charge in [-0.1, -0.05) is 18.2 Å². The Morgan fingerprint density at radius 3 is 2.74 bits per heavy atom. The minimum Gasteiger partial charge on any atom is -0.488 e. The maximum atomic E-state index is 12.1. The highest BCUT2D eigenvalue weighted by molar-refractivity contribution is 5.75. The Bertz CT molecular complexity index is 987. The van der Waals surface area contributed by atoms with Gasteiger partial charge >= 0.3 is 5.97 Å². The van der Waals surface area contributed by atoms with E-state index in [1.807, 2.05) is 49.9 Å². The first-order valence-electron chi connectivity index (χ1n) is 12.9. The number of nitrogens with one attached hydrogen (secondary N) is 1. The number of benzene rings is 1. The molecule has 35 heavy (non-hydrogen) atoms. The van der Waals surface area contributed by atoms with Crippen LogP contribution in [0, 0.1) is 0 Å². The summed E-state index contributed by atoms with van der Waals surface area (Å²) in [5.41, 5.74) is 2.93. The number of aryl methyl sites for hydroxylation is 2. The van der Waals surface area contributed by atoms with Crippen molar-refractivity contribution in [1.82, 2.24) is 9.88 Å². The molecule has 2 aliphatic rings. The van der Waals surface area contributed by atoms with E-state index in [4.69, 9.17) is 14.5 Å². The maximum absolute atomic E-state index is 12.1. The highest BCUT2D eigenvalue weighted by Crippen LogP contribution is 2.29. The van der Waals surface area contributed by atoms with Crippen molar-refractivity contribution < 1.29 is 19.4 Å². The van der Waals surface area contributed by atoms with E-state index in [1.54, 1.807) is 0 Å². The van der Waals surface area contributed by atoms with Crippen molar-refractivity contribution in [1.29, 1.82) is 0 Å². The number of rotatable bonds is 10. The molecular weight excluding hydrogens is 442 g/mol. The number of nitrogens with zero attached hydrogens (tertiary/aromatic N) is 2. The molecule has 190 valence electrons. The first kappa shape index (κ1) is 25.5. The number of pyridine rings is 1. The minimum atomic E-state index is -0.831. The molecule has 0 amide bonds.